The fourth-order valence-electron chi connectivity index (χ4n) is 17.7. The molecule has 6 heterocycles. The number of aromatic hydroxyl groups is 1. The molecule has 33 nitrogen and oxygen atoms in total. The second-order valence-corrected chi connectivity index (χ2v) is 32.4. The second kappa shape index (κ2) is 35.4. The highest BCUT2D eigenvalue weighted by atomic mass is 35.5. The van der Waals surface area contributed by atoms with Gasteiger partial charge in [0.15, 0.2) is 17.3 Å². The van der Waals surface area contributed by atoms with Gasteiger partial charge < -0.3 is 128 Å². The van der Waals surface area contributed by atoms with Gasteiger partial charge in [0.2, 0.25) is 59.2 Å². The van der Waals surface area contributed by atoms with Crippen molar-refractivity contribution in [2.24, 2.45) is 29.6 Å². The van der Waals surface area contributed by atoms with Crippen LogP contribution in [0, 0.1) is 29.6 Å². The molecular formula is C84H99ClN10O23. The monoisotopic (exact) mass is 1650 g/mol. The van der Waals surface area contributed by atoms with E-state index in [2.05, 4.69) is 53.2 Å². The highest BCUT2D eigenvalue weighted by molar-refractivity contribution is 6.32. The topological polar surface area (TPSA) is 494 Å². The smallest absolute Gasteiger partial charge is 0.248 e. The number of hydrogen-bond acceptors (Lipinski definition) is 26. The summed E-state index contributed by atoms with van der Waals surface area (Å²) >= 11 is 7.16. The number of ether oxygens (including phenoxy) is 6. The van der Waals surface area contributed by atoms with Crippen LogP contribution < -0.4 is 76.9 Å². The third kappa shape index (κ3) is 17.5. The van der Waals surface area contributed by atoms with Crippen molar-refractivity contribution in [3.8, 4) is 57.1 Å². The van der Waals surface area contributed by atoms with Crippen molar-refractivity contribution >= 4 is 58.7 Å². The summed E-state index contributed by atoms with van der Waals surface area (Å²) in [6, 6.07) is 7.60. The molecule has 6 aromatic rings. The Balaban J connectivity index is 0.957. The summed E-state index contributed by atoms with van der Waals surface area (Å²) in [4.78, 5) is 126. The SMILES string of the molecule is CCNCCOc1cc(OCCNCC)cc(C(=O)C[C@@H]2NC(=O)[C@H](NC(=O)[C@@H](CC(C)C)NC)[C@H](O)c3ccc(c(Cl)c3)Oc3cc4cc(c3O[C@@H]3O[C@H](CO)[C@@H](O)[C@H](O)[C@H]3O)Oc3ccc(cc3)[C@@H](O)[C@@H]3NC(=O)[C@H](NC(=O)[C@@H]4NC2=O)c2ccc4c(c2)-c2c(cc(O)cc2C4(O)O)[C@@H](C(=O)NC2C4CC5CC(C4)CC2C5)NC3=O)c1. The number of ketones is 1. The highest BCUT2D eigenvalue weighted by Gasteiger charge is 2.52. The van der Waals surface area contributed by atoms with Gasteiger partial charge >= 0.3 is 0 Å². The molecule has 15 bridgehead atoms. The first-order valence-electron chi connectivity index (χ1n) is 39.9. The number of amides is 7. The maximum absolute atomic E-state index is 16.6. The van der Waals surface area contributed by atoms with Gasteiger partial charge in [0.05, 0.1) is 17.7 Å². The van der Waals surface area contributed by atoms with Crippen LogP contribution in [0.1, 0.15) is 152 Å². The number of phenolic OH excluding ortho intramolecular Hbond substituents is 1. The summed E-state index contributed by atoms with van der Waals surface area (Å²) in [6.07, 6.45) is -10.1. The van der Waals surface area contributed by atoms with E-state index in [-0.39, 0.29) is 127 Å². The van der Waals surface area contributed by atoms with E-state index in [0.717, 1.165) is 50.3 Å². The molecule has 7 amide bonds. The molecule has 6 aromatic carbocycles. The van der Waals surface area contributed by atoms with Crippen LogP contribution in [-0.4, -0.2) is 207 Å². The largest absolute Gasteiger partial charge is 0.508 e. The number of benzene rings is 6. The number of carbonyl (C=O) groups excluding carboxylic acids is 8. The van der Waals surface area contributed by atoms with E-state index in [1.807, 2.05) is 27.7 Å². The van der Waals surface area contributed by atoms with Gasteiger partial charge in [-0.3, -0.25) is 38.4 Å². The highest BCUT2D eigenvalue weighted by Crippen LogP contribution is 2.56. The van der Waals surface area contributed by atoms with Crippen molar-refractivity contribution in [2.75, 3.05) is 53.0 Å². The van der Waals surface area contributed by atoms with Crippen molar-refractivity contribution in [3.63, 3.8) is 0 Å². The van der Waals surface area contributed by atoms with E-state index in [1.54, 1.807) is 6.07 Å². The Morgan fingerprint density at radius 3 is 1.89 bits per heavy atom. The minimum atomic E-state index is -2.95. The normalized spacial score (nSPS) is 28.2. The van der Waals surface area contributed by atoms with Crippen LogP contribution in [0.25, 0.3) is 11.1 Å². The maximum Gasteiger partial charge on any atom is 0.248 e. The number of carbonyl (C=O) groups is 8. The summed E-state index contributed by atoms with van der Waals surface area (Å²) in [6.45, 7) is 8.82. The lowest BCUT2D eigenvalue weighted by molar-refractivity contribution is -0.277. The molecule has 1 saturated heterocycles. The number of nitrogens with one attached hydrogen (secondary N) is 10. The summed E-state index contributed by atoms with van der Waals surface area (Å²) < 4.78 is 37.9. The molecule has 630 valence electrons. The van der Waals surface area contributed by atoms with Gasteiger partial charge in [-0.15, -0.1) is 0 Å². The zero-order chi connectivity index (χ0) is 83.9. The van der Waals surface area contributed by atoms with E-state index in [0.29, 0.717) is 38.0 Å². The van der Waals surface area contributed by atoms with Crippen molar-refractivity contribution < 1.29 is 113 Å². The number of halogens is 1. The summed E-state index contributed by atoms with van der Waals surface area (Å²) in [7, 11) is 1.51. The van der Waals surface area contributed by atoms with E-state index in [1.165, 1.54) is 85.9 Å². The molecule has 6 aliphatic heterocycles. The van der Waals surface area contributed by atoms with E-state index >= 15 is 33.6 Å². The first kappa shape index (κ1) is 84.3. The van der Waals surface area contributed by atoms with Gasteiger partial charge in [0, 0.05) is 48.3 Å². The number of hydrogen-bond donors (Lipinski definition) is 19. The van der Waals surface area contributed by atoms with Gasteiger partial charge in [-0.05, 0) is 194 Å². The quantitative estimate of drug-likeness (QED) is 0.0249. The predicted octanol–water partition coefficient (Wildman–Crippen LogP) is 2.53. The van der Waals surface area contributed by atoms with Crippen LogP contribution in [0.2, 0.25) is 5.02 Å². The van der Waals surface area contributed by atoms with Crippen LogP contribution in [0.4, 0.5) is 0 Å². The average Bonchev–Trinajstić information content (AvgIpc) is 1.55. The number of likely N-dealkylation sites (N-methyl/N-ethyl adjacent to an activating group) is 3. The lowest BCUT2D eigenvalue weighted by atomic mass is 9.54. The van der Waals surface area contributed by atoms with Crippen LogP contribution in [-0.2, 0) is 44.1 Å². The summed E-state index contributed by atoms with van der Waals surface area (Å²) in [5.41, 5.74) is -1.78. The number of fused-ring (bicyclic) bond motifs is 12. The first-order valence-corrected chi connectivity index (χ1v) is 40.3. The van der Waals surface area contributed by atoms with E-state index < -0.39 is 174 Å². The minimum Gasteiger partial charge on any atom is -0.508 e. The van der Waals surface area contributed by atoms with E-state index in [4.69, 9.17) is 40.0 Å². The Morgan fingerprint density at radius 2 is 1.25 bits per heavy atom. The van der Waals surface area contributed by atoms with Crippen LogP contribution in [0.3, 0.4) is 0 Å². The molecule has 0 radical (unpaired) electrons. The average molecular weight is 1650 g/mol. The molecule has 118 heavy (non-hydrogen) atoms. The molecule has 19 N–H and O–H groups in total. The van der Waals surface area contributed by atoms with E-state index in [9.17, 15) is 50.8 Å². The minimum absolute atomic E-state index is 0.0639. The maximum atomic E-state index is 16.6. The first-order chi connectivity index (χ1) is 56.5. The molecule has 17 rings (SSSR count). The third-order valence-electron chi connectivity index (χ3n) is 23.5. The Morgan fingerprint density at radius 1 is 0.627 bits per heavy atom. The van der Waals surface area contributed by atoms with Gasteiger partial charge in [-0.1, -0.05) is 69.6 Å². The molecule has 0 unspecified atom stereocenters. The molecule has 5 aliphatic carbocycles. The predicted molar refractivity (Wildman–Crippen MR) is 421 cm³/mol. The Kier molecular flexibility index (Phi) is 25.3. The lowest BCUT2D eigenvalue weighted by Crippen LogP contribution is -2.60. The molecular weight excluding hydrogens is 1550 g/mol. The number of phenols is 1. The molecule has 14 atom stereocenters. The second-order valence-electron chi connectivity index (χ2n) is 32.0. The molecule has 11 aliphatic rings. The summed E-state index contributed by atoms with van der Waals surface area (Å²) in [5.74, 6) is -13.1. The zero-order valence-electron chi connectivity index (χ0n) is 65.4. The Hall–Kier alpha value is -10.1. The third-order valence-corrected chi connectivity index (χ3v) is 23.7. The van der Waals surface area contributed by atoms with Crippen LogP contribution in [0.5, 0.6) is 46.0 Å². The Labute approximate surface area is 683 Å². The molecule has 34 heteroatoms. The lowest BCUT2D eigenvalue weighted by Gasteiger charge is -2.54. The number of Topliss-reactive ketones (excluding diaryl/α,β-unsaturated/α-hetero) is 1. The van der Waals surface area contributed by atoms with Crippen molar-refractivity contribution in [2.45, 2.75) is 170 Å². The molecule has 5 fully saturated rings. The Bertz CT molecular complexity index is 4760. The zero-order valence-corrected chi connectivity index (χ0v) is 66.1. The summed E-state index contributed by atoms with van der Waals surface area (Å²) in [5, 5.41) is 134. The van der Waals surface area contributed by atoms with Gasteiger partial charge in [-0.2, -0.15) is 0 Å². The molecule has 0 aromatic heterocycles. The fraction of sp³-hybridized carbons (Fsp3) is 0.476. The van der Waals surface area contributed by atoms with Crippen molar-refractivity contribution in [3.05, 3.63) is 153 Å². The number of aliphatic hydroxyl groups is 8. The van der Waals surface area contributed by atoms with Crippen LogP contribution in [0.15, 0.2) is 103 Å². The molecule has 0 spiro atoms. The van der Waals surface area contributed by atoms with Crippen LogP contribution >= 0.6 is 11.6 Å². The van der Waals surface area contributed by atoms with Gasteiger partial charge in [0.1, 0.15) is 115 Å². The standard InChI is InChI=1S/C84H99ClN10O23/c1-6-87-16-18-113-49-26-43(27-50(34-49)114-19-17-88-7-2)58(98)35-57-77(105)91-66-46-30-60(75(118-83-74(103)73(102)72(101)62(36-96)117-83)61(31-46)116-59-15-11-42(29-55(59)85)71(100)69(81(109)89-57)94-76(104)56(86-5)20-37(3)4)115-48-12-8-40(9-13-48)70(99)68-82(110)93-67(80(108)90-64-44-22-38-21-39(24-44)25-45(64)23-38)52-32-47(97)33-54-63(52)51-28-41(10-14-53(51)84(54,111)112)65(78(106)95-68)92-79(66)107/h8-15,26-34,37-39,44-45,56-57,62,64-74,83,86-88,96-97,99-103,111-112H,6-7,16-25,35-36H2,1-5H3,(H,89,109)(H,90,108)(H,91,105)(H,92,107)(H,93,110)(H,94,104)(H,95,106)/t38?,39?,44?,45?,56-,57+,62-,64?,65-,66-,67+,68+,69-,70-,71-,72-,73+,74-,83+/m1/s1. The van der Waals surface area contributed by atoms with Crippen molar-refractivity contribution in [1.29, 1.82) is 0 Å². The fourth-order valence-corrected chi connectivity index (χ4v) is 17.9. The van der Waals surface area contributed by atoms with Gasteiger partial charge in [-0.25, -0.2) is 0 Å². The molecule has 4 saturated carbocycles. The van der Waals surface area contributed by atoms with Gasteiger partial charge in [0.25, 0.3) is 0 Å². The van der Waals surface area contributed by atoms with Crippen molar-refractivity contribution in [1.82, 2.24) is 53.2 Å². The number of aliphatic hydroxyl groups excluding tert-OH is 6. The number of rotatable bonds is 23.